The van der Waals surface area contributed by atoms with E-state index in [0.717, 1.165) is 12.0 Å². The van der Waals surface area contributed by atoms with E-state index in [1.54, 1.807) is 27.1 Å². The largest absolute Gasteiger partial charge is 0.333 e. The quantitative estimate of drug-likeness (QED) is 0.673. The average molecular weight is 355 g/mol. The van der Waals surface area contributed by atoms with Gasteiger partial charge in [0.1, 0.15) is 0 Å². The summed E-state index contributed by atoms with van der Waals surface area (Å²) in [6.45, 7) is 2.31. The highest BCUT2D eigenvalue weighted by molar-refractivity contribution is 7.09. The van der Waals surface area contributed by atoms with Gasteiger partial charge in [-0.1, -0.05) is 41.6 Å². The van der Waals surface area contributed by atoms with Crippen LogP contribution in [0.1, 0.15) is 27.3 Å². The molecule has 3 rings (SSSR count). The molecule has 130 valence electrons. The molecule has 1 amide bonds. The molecular weight excluding hydrogens is 334 g/mol. The second-order valence-electron chi connectivity index (χ2n) is 5.74. The highest BCUT2D eigenvalue weighted by Crippen LogP contribution is 2.12. The maximum Gasteiger partial charge on any atom is 0.276 e. The summed E-state index contributed by atoms with van der Waals surface area (Å²) in [5, 5.41) is 10.2. The van der Waals surface area contributed by atoms with Crippen LogP contribution in [-0.4, -0.2) is 38.9 Å². The van der Waals surface area contributed by atoms with Crippen molar-refractivity contribution in [1.29, 1.82) is 0 Å². The molecule has 0 radical (unpaired) electrons. The van der Waals surface area contributed by atoms with Crippen LogP contribution in [-0.2, 0) is 13.1 Å². The highest BCUT2D eigenvalue weighted by Gasteiger charge is 2.19. The Morgan fingerprint density at radius 1 is 1.20 bits per heavy atom. The normalized spacial score (nSPS) is 10.8. The molecule has 1 aromatic carbocycles. The third-order valence-corrected chi connectivity index (χ3v) is 4.65. The molecule has 0 unspecified atom stereocenters. The average Bonchev–Trinajstić information content (AvgIpc) is 3.31. The van der Waals surface area contributed by atoms with Crippen LogP contribution in [0, 0.1) is 0 Å². The molecule has 0 saturated heterocycles. The monoisotopic (exact) mass is 355 g/mol. The molecule has 3 aromatic rings. The van der Waals surface area contributed by atoms with Crippen LogP contribution < -0.4 is 5.73 Å². The molecule has 25 heavy (non-hydrogen) atoms. The van der Waals surface area contributed by atoms with Gasteiger partial charge in [-0.15, -0.1) is 16.4 Å². The lowest BCUT2D eigenvalue weighted by Gasteiger charge is -2.21. The van der Waals surface area contributed by atoms with Crippen molar-refractivity contribution in [3.8, 4) is 0 Å². The van der Waals surface area contributed by atoms with E-state index < -0.39 is 0 Å². The number of aromatic nitrogens is 3. The predicted molar refractivity (Wildman–Crippen MR) is 98.3 cm³/mol. The van der Waals surface area contributed by atoms with Crippen molar-refractivity contribution in [1.82, 2.24) is 19.9 Å². The first-order valence-corrected chi connectivity index (χ1v) is 9.10. The number of hydrogen-bond donors (Lipinski definition) is 1. The molecule has 2 N–H and O–H groups in total. The van der Waals surface area contributed by atoms with E-state index >= 15 is 0 Å². The Kier molecular flexibility index (Phi) is 5.92. The zero-order valence-corrected chi connectivity index (χ0v) is 14.7. The molecule has 0 fully saturated rings. The topological polar surface area (TPSA) is 77.0 Å². The number of carbonyl (C=O) groups excluding carboxylic acids is 1. The van der Waals surface area contributed by atoms with Crippen molar-refractivity contribution < 1.29 is 4.79 Å². The summed E-state index contributed by atoms with van der Waals surface area (Å²) in [6.07, 6.45) is 2.46. The van der Waals surface area contributed by atoms with Gasteiger partial charge in [-0.05, 0) is 30.0 Å². The molecule has 7 heteroatoms. The first-order valence-electron chi connectivity index (χ1n) is 8.22. The Morgan fingerprint density at radius 3 is 2.76 bits per heavy atom. The van der Waals surface area contributed by atoms with Crippen LogP contribution in [0.5, 0.6) is 0 Å². The first kappa shape index (κ1) is 17.3. The summed E-state index contributed by atoms with van der Waals surface area (Å²) in [5.41, 5.74) is 7.07. The van der Waals surface area contributed by atoms with Gasteiger partial charge >= 0.3 is 0 Å². The standard InChI is InChI=1S/C18H21N5OS/c19-9-5-10-22(12-15-6-2-1-3-7-15)18(24)17-14-23(21-20-17)13-16-8-4-11-25-16/h1-4,6-8,11,14H,5,9-10,12-13,19H2. The van der Waals surface area contributed by atoms with E-state index in [1.165, 1.54) is 4.88 Å². The zero-order valence-electron chi connectivity index (χ0n) is 13.9. The van der Waals surface area contributed by atoms with Gasteiger partial charge in [0, 0.05) is 18.0 Å². The molecule has 6 nitrogen and oxygen atoms in total. The second-order valence-corrected chi connectivity index (χ2v) is 6.77. The number of nitrogens with two attached hydrogens (primary N) is 1. The van der Waals surface area contributed by atoms with Gasteiger partial charge in [-0.2, -0.15) is 0 Å². The van der Waals surface area contributed by atoms with E-state index in [4.69, 9.17) is 5.73 Å². The lowest BCUT2D eigenvalue weighted by molar-refractivity contribution is 0.0736. The minimum atomic E-state index is -0.116. The van der Waals surface area contributed by atoms with Gasteiger partial charge in [0.25, 0.3) is 5.91 Å². The van der Waals surface area contributed by atoms with E-state index in [0.29, 0.717) is 31.9 Å². The molecule has 2 aromatic heterocycles. The van der Waals surface area contributed by atoms with Gasteiger partial charge in [-0.25, -0.2) is 4.68 Å². The fourth-order valence-corrected chi connectivity index (χ4v) is 3.23. The maximum atomic E-state index is 12.8. The molecule has 0 saturated carbocycles. The Hall–Kier alpha value is -2.51. The van der Waals surface area contributed by atoms with Gasteiger partial charge < -0.3 is 10.6 Å². The highest BCUT2D eigenvalue weighted by atomic mass is 32.1. The Labute approximate surface area is 150 Å². The summed E-state index contributed by atoms with van der Waals surface area (Å²) < 4.78 is 1.70. The SMILES string of the molecule is NCCCN(Cc1ccccc1)C(=O)c1cn(Cc2cccs2)nn1. The van der Waals surface area contributed by atoms with Crippen molar-refractivity contribution in [3.63, 3.8) is 0 Å². The summed E-state index contributed by atoms with van der Waals surface area (Å²) in [6, 6.07) is 14.0. The van der Waals surface area contributed by atoms with Crippen molar-refractivity contribution in [3.05, 3.63) is 70.2 Å². The van der Waals surface area contributed by atoms with Crippen molar-refractivity contribution in [2.45, 2.75) is 19.5 Å². The van der Waals surface area contributed by atoms with Crippen LogP contribution in [0.2, 0.25) is 0 Å². The molecule has 0 spiro atoms. The summed E-state index contributed by atoms with van der Waals surface area (Å²) in [7, 11) is 0. The van der Waals surface area contributed by atoms with Gasteiger partial charge in [-0.3, -0.25) is 4.79 Å². The molecule has 0 bridgehead atoms. The summed E-state index contributed by atoms with van der Waals surface area (Å²) in [5.74, 6) is -0.116. The molecular formula is C18H21N5OS. The van der Waals surface area contributed by atoms with E-state index in [-0.39, 0.29) is 5.91 Å². The molecule has 0 atom stereocenters. The van der Waals surface area contributed by atoms with E-state index in [1.807, 2.05) is 47.8 Å². The van der Waals surface area contributed by atoms with Crippen LogP contribution >= 0.6 is 11.3 Å². The van der Waals surface area contributed by atoms with Crippen molar-refractivity contribution >= 4 is 17.2 Å². The summed E-state index contributed by atoms with van der Waals surface area (Å²) in [4.78, 5) is 15.8. The molecule has 0 aliphatic heterocycles. The number of benzene rings is 1. The van der Waals surface area contributed by atoms with Crippen molar-refractivity contribution in [2.75, 3.05) is 13.1 Å². The second kappa shape index (κ2) is 8.55. The number of carbonyl (C=O) groups is 1. The number of amides is 1. The number of thiophene rings is 1. The minimum absolute atomic E-state index is 0.116. The Bertz CT molecular complexity index is 785. The Balaban J connectivity index is 1.71. The third-order valence-electron chi connectivity index (χ3n) is 3.79. The molecule has 0 aliphatic rings. The van der Waals surface area contributed by atoms with E-state index in [9.17, 15) is 4.79 Å². The van der Waals surface area contributed by atoms with E-state index in [2.05, 4.69) is 10.3 Å². The molecule has 0 aliphatic carbocycles. The maximum absolute atomic E-state index is 12.8. The number of rotatable bonds is 8. The van der Waals surface area contributed by atoms with Crippen LogP contribution in [0.3, 0.4) is 0 Å². The van der Waals surface area contributed by atoms with Crippen molar-refractivity contribution in [2.24, 2.45) is 5.73 Å². The van der Waals surface area contributed by atoms with Gasteiger partial charge in [0.05, 0.1) is 12.7 Å². The lowest BCUT2D eigenvalue weighted by Crippen LogP contribution is -2.32. The minimum Gasteiger partial charge on any atom is -0.333 e. The van der Waals surface area contributed by atoms with Gasteiger partial charge in [0.2, 0.25) is 0 Å². The number of nitrogens with zero attached hydrogens (tertiary/aromatic N) is 4. The smallest absolute Gasteiger partial charge is 0.276 e. The third kappa shape index (κ3) is 4.74. The van der Waals surface area contributed by atoms with Gasteiger partial charge in [0.15, 0.2) is 5.69 Å². The lowest BCUT2D eigenvalue weighted by atomic mass is 10.2. The Morgan fingerprint density at radius 2 is 2.04 bits per heavy atom. The predicted octanol–water partition coefficient (Wildman–Crippen LogP) is 2.38. The zero-order chi connectivity index (χ0) is 17.5. The fraction of sp³-hybridized carbons (Fsp3) is 0.278. The number of hydrogen-bond acceptors (Lipinski definition) is 5. The summed E-state index contributed by atoms with van der Waals surface area (Å²) >= 11 is 1.66. The molecule has 2 heterocycles. The fourth-order valence-electron chi connectivity index (χ4n) is 2.54. The van der Waals surface area contributed by atoms with Crippen LogP contribution in [0.15, 0.2) is 54.0 Å². The first-order chi connectivity index (χ1) is 12.3. The van der Waals surface area contributed by atoms with Crippen LogP contribution in [0.4, 0.5) is 0 Å². The van der Waals surface area contributed by atoms with Crippen LogP contribution in [0.25, 0.3) is 0 Å².